The van der Waals surface area contributed by atoms with Crippen LogP contribution in [-0.4, -0.2) is 57.2 Å². The van der Waals surface area contributed by atoms with Crippen LogP contribution in [0, 0.1) is 0 Å². The molecule has 1 aliphatic heterocycles. The highest BCUT2D eigenvalue weighted by Crippen LogP contribution is 2.15. The molecule has 3 rings (SSSR count). The standard InChI is InChI=1S/C16H22N6O/c1-2-14-9-15(18-12-17-14)21-5-7-22(8-6-21)16(23)4-3-13-10-19-20-11-13/h9-12H,2-8H2,1H3,(H,19,20). The van der Waals surface area contributed by atoms with Crippen molar-refractivity contribution in [3.05, 3.63) is 36.0 Å². The number of aryl methyl sites for hydroxylation is 2. The number of anilines is 1. The third kappa shape index (κ3) is 3.85. The Morgan fingerprint density at radius 1 is 1.26 bits per heavy atom. The molecule has 23 heavy (non-hydrogen) atoms. The second-order valence-electron chi connectivity index (χ2n) is 5.70. The van der Waals surface area contributed by atoms with Gasteiger partial charge in [0.2, 0.25) is 5.91 Å². The van der Waals surface area contributed by atoms with Gasteiger partial charge in [0, 0.05) is 50.6 Å². The van der Waals surface area contributed by atoms with E-state index in [1.807, 2.05) is 17.2 Å². The number of carbonyl (C=O) groups is 1. The van der Waals surface area contributed by atoms with E-state index < -0.39 is 0 Å². The number of aromatic nitrogens is 4. The minimum atomic E-state index is 0.211. The first-order valence-electron chi connectivity index (χ1n) is 8.07. The molecule has 3 heterocycles. The largest absolute Gasteiger partial charge is 0.353 e. The van der Waals surface area contributed by atoms with Crippen molar-refractivity contribution < 1.29 is 4.79 Å². The zero-order valence-corrected chi connectivity index (χ0v) is 13.4. The van der Waals surface area contributed by atoms with Gasteiger partial charge in [-0.25, -0.2) is 9.97 Å². The molecule has 2 aromatic rings. The number of nitrogens with one attached hydrogen (secondary N) is 1. The summed E-state index contributed by atoms with van der Waals surface area (Å²) in [5.41, 5.74) is 2.12. The zero-order valence-electron chi connectivity index (χ0n) is 13.4. The molecule has 2 aromatic heterocycles. The molecule has 1 saturated heterocycles. The molecule has 0 radical (unpaired) electrons. The first kappa shape index (κ1) is 15.5. The van der Waals surface area contributed by atoms with Crippen molar-refractivity contribution in [2.45, 2.75) is 26.2 Å². The molecule has 0 aliphatic carbocycles. The van der Waals surface area contributed by atoms with E-state index in [1.54, 1.807) is 12.5 Å². The Hall–Kier alpha value is -2.44. The van der Waals surface area contributed by atoms with Crippen molar-refractivity contribution >= 4 is 11.7 Å². The molecule has 0 atom stereocenters. The number of amides is 1. The maximum absolute atomic E-state index is 12.3. The minimum absolute atomic E-state index is 0.211. The lowest BCUT2D eigenvalue weighted by molar-refractivity contribution is -0.131. The Morgan fingerprint density at radius 2 is 2.09 bits per heavy atom. The summed E-state index contributed by atoms with van der Waals surface area (Å²) in [4.78, 5) is 25.0. The third-order valence-electron chi connectivity index (χ3n) is 4.21. The number of piperazine rings is 1. The second-order valence-corrected chi connectivity index (χ2v) is 5.70. The van der Waals surface area contributed by atoms with Crippen LogP contribution in [-0.2, 0) is 17.6 Å². The highest BCUT2D eigenvalue weighted by atomic mass is 16.2. The number of aromatic amines is 1. The van der Waals surface area contributed by atoms with Crippen molar-refractivity contribution in [2.24, 2.45) is 0 Å². The van der Waals surface area contributed by atoms with Crippen LogP contribution in [0.4, 0.5) is 5.82 Å². The lowest BCUT2D eigenvalue weighted by atomic mass is 10.1. The second kappa shape index (κ2) is 7.21. The normalized spacial score (nSPS) is 15.0. The van der Waals surface area contributed by atoms with Crippen LogP contribution in [0.3, 0.4) is 0 Å². The van der Waals surface area contributed by atoms with E-state index >= 15 is 0 Å². The summed E-state index contributed by atoms with van der Waals surface area (Å²) in [6, 6.07) is 2.04. The van der Waals surface area contributed by atoms with Gasteiger partial charge in [-0.2, -0.15) is 5.10 Å². The predicted octanol–water partition coefficient (Wildman–Crippen LogP) is 1.04. The van der Waals surface area contributed by atoms with Crippen LogP contribution in [0.1, 0.15) is 24.6 Å². The quantitative estimate of drug-likeness (QED) is 0.892. The molecule has 7 nitrogen and oxygen atoms in total. The van der Waals surface area contributed by atoms with Gasteiger partial charge in [-0.1, -0.05) is 6.92 Å². The van der Waals surface area contributed by atoms with E-state index in [0.717, 1.165) is 56.1 Å². The molecule has 0 unspecified atom stereocenters. The van der Waals surface area contributed by atoms with Gasteiger partial charge in [0.25, 0.3) is 0 Å². The van der Waals surface area contributed by atoms with Gasteiger partial charge in [0.05, 0.1) is 6.20 Å². The van der Waals surface area contributed by atoms with E-state index in [0.29, 0.717) is 6.42 Å². The van der Waals surface area contributed by atoms with Gasteiger partial charge < -0.3 is 9.80 Å². The first-order valence-corrected chi connectivity index (χ1v) is 8.07. The van der Waals surface area contributed by atoms with Crippen LogP contribution >= 0.6 is 0 Å². The molecule has 1 amide bonds. The maximum Gasteiger partial charge on any atom is 0.223 e. The molecule has 1 aliphatic rings. The van der Waals surface area contributed by atoms with Crippen molar-refractivity contribution in [3.8, 4) is 0 Å². The molecule has 1 fully saturated rings. The number of nitrogens with zero attached hydrogens (tertiary/aromatic N) is 5. The van der Waals surface area contributed by atoms with Crippen LogP contribution < -0.4 is 4.90 Å². The molecule has 0 aromatic carbocycles. The summed E-state index contributed by atoms with van der Waals surface area (Å²) < 4.78 is 0. The summed E-state index contributed by atoms with van der Waals surface area (Å²) in [7, 11) is 0. The van der Waals surface area contributed by atoms with Crippen LogP contribution in [0.25, 0.3) is 0 Å². The summed E-state index contributed by atoms with van der Waals surface area (Å²) >= 11 is 0. The maximum atomic E-state index is 12.3. The SMILES string of the molecule is CCc1cc(N2CCN(C(=O)CCc3cn[nH]c3)CC2)ncn1. The molecular formula is C16H22N6O. The fraction of sp³-hybridized carbons (Fsp3) is 0.500. The van der Waals surface area contributed by atoms with Crippen LogP contribution in [0.5, 0.6) is 0 Å². The minimum Gasteiger partial charge on any atom is -0.353 e. The van der Waals surface area contributed by atoms with Gasteiger partial charge in [-0.05, 0) is 18.4 Å². The van der Waals surface area contributed by atoms with Crippen LogP contribution in [0.2, 0.25) is 0 Å². The average molecular weight is 314 g/mol. The van der Waals surface area contributed by atoms with Gasteiger partial charge in [0.1, 0.15) is 12.1 Å². The van der Waals surface area contributed by atoms with Gasteiger partial charge in [0.15, 0.2) is 0 Å². The lowest BCUT2D eigenvalue weighted by Crippen LogP contribution is -2.49. The van der Waals surface area contributed by atoms with Crippen LogP contribution in [0.15, 0.2) is 24.8 Å². The highest BCUT2D eigenvalue weighted by Gasteiger charge is 2.21. The molecule has 1 N–H and O–H groups in total. The van der Waals surface area contributed by atoms with E-state index in [1.165, 1.54) is 0 Å². The molecule has 7 heteroatoms. The van der Waals surface area contributed by atoms with Crippen molar-refractivity contribution in [2.75, 3.05) is 31.1 Å². The highest BCUT2D eigenvalue weighted by molar-refractivity contribution is 5.76. The first-order chi connectivity index (χ1) is 11.3. The Labute approximate surface area is 135 Å². The van der Waals surface area contributed by atoms with Crippen molar-refractivity contribution in [1.82, 2.24) is 25.1 Å². The number of rotatable bonds is 5. The van der Waals surface area contributed by atoms with E-state index in [-0.39, 0.29) is 5.91 Å². The molecule has 0 bridgehead atoms. The summed E-state index contributed by atoms with van der Waals surface area (Å²) in [5, 5.41) is 6.67. The molecular weight excluding hydrogens is 292 g/mol. The van der Waals surface area contributed by atoms with E-state index in [4.69, 9.17) is 0 Å². The van der Waals surface area contributed by atoms with E-state index in [9.17, 15) is 4.79 Å². The average Bonchev–Trinajstić information content (AvgIpc) is 3.13. The number of carbonyl (C=O) groups excluding carboxylic acids is 1. The summed E-state index contributed by atoms with van der Waals surface area (Å²) in [6.45, 7) is 5.21. The monoisotopic (exact) mass is 314 g/mol. The predicted molar refractivity (Wildman–Crippen MR) is 87.1 cm³/mol. The Bertz CT molecular complexity index is 634. The zero-order chi connectivity index (χ0) is 16.1. The third-order valence-corrected chi connectivity index (χ3v) is 4.21. The summed E-state index contributed by atoms with van der Waals surface area (Å²) in [5.74, 6) is 1.17. The molecule has 0 spiro atoms. The topological polar surface area (TPSA) is 78.0 Å². The van der Waals surface area contributed by atoms with Gasteiger partial charge in [-0.15, -0.1) is 0 Å². The van der Waals surface area contributed by atoms with E-state index in [2.05, 4.69) is 32.0 Å². The lowest BCUT2D eigenvalue weighted by Gasteiger charge is -2.35. The Kier molecular flexibility index (Phi) is 4.85. The van der Waals surface area contributed by atoms with Crippen molar-refractivity contribution in [1.29, 1.82) is 0 Å². The number of hydrogen-bond donors (Lipinski definition) is 1. The van der Waals surface area contributed by atoms with Crippen molar-refractivity contribution in [3.63, 3.8) is 0 Å². The van der Waals surface area contributed by atoms with Gasteiger partial charge >= 0.3 is 0 Å². The fourth-order valence-corrected chi connectivity index (χ4v) is 2.76. The number of H-pyrrole nitrogens is 1. The Morgan fingerprint density at radius 3 is 2.78 bits per heavy atom. The smallest absolute Gasteiger partial charge is 0.223 e. The molecule has 0 saturated carbocycles. The fourth-order valence-electron chi connectivity index (χ4n) is 2.76. The number of hydrogen-bond acceptors (Lipinski definition) is 5. The van der Waals surface area contributed by atoms with Gasteiger partial charge in [-0.3, -0.25) is 9.89 Å². The summed E-state index contributed by atoms with van der Waals surface area (Å²) in [6.07, 6.45) is 7.41. The Balaban J connectivity index is 1.50. The molecule has 122 valence electrons.